The van der Waals surface area contributed by atoms with Crippen LogP contribution in [0.1, 0.15) is 5.69 Å². The maximum absolute atomic E-state index is 12.1. The number of ether oxygens (including phenoxy) is 1. The van der Waals surface area contributed by atoms with Crippen molar-refractivity contribution < 1.29 is 36.9 Å². The molecule has 148 valence electrons. The Bertz CT molecular complexity index is 886. The van der Waals surface area contributed by atoms with E-state index in [2.05, 4.69) is 20.4 Å². The number of nitrogens with one attached hydrogen (secondary N) is 2. The number of alkyl halides is 1. The zero-order chi connectivity index (χ0) is 20.4. The van der Waals surface area contributed by atoms with Crippen LogP contribution in [0.3, 0.4) is 0 Å². The van der Waals surface area contributed by atoms with Gasteiger partial charge in [0.2, 0.25) is 11.8 Å². The first kappa shape index (κ1) is 21.0. The lowest BCUT2D eigenvalue weighted by Gasteiger charge is -2.41. The Kier molecular flexibility index (Phi) is 6.35. The number of rotatable bonds is 7. The molecule has 0 saturated carbocycles. The lowest BCUT2D eigenvalue weighted by Crippen LogP contribution is -2.74. The number of methoxy groups -OCH3 is 1. The van der Waals surface area contributed by atoms with Crippen LogP contribution in [-0.2, 0) is 40.6 Å². The number of hydrogen-bond donors (Lipinski definition) is 3. The summed E-state index contributed by atoms with van der Waals surface area (Å²) in [6.07, 6.45) is -0.309. The molecule has 1 aromatic rings. The summed E-state index contributed by atoms with van der Waals surface area (Å²) in [6, 6.07) is -3.23. The second kappa shape index (κ2) is 8.16. The highest BCUT2D eigenvalue weighted by molar-refractivity contribution is 7.84. The van der Waals surface area contributed by atoms with Gasteiger partial charge in [0.25, 0.3) is 5.91 Å². The van der Waals surface area contributed by atoms with Crippen molar-refractivity contribution in [2.24, 2.45) is 0 Å². The third-order valence-electron chi connectivity index (χ3n) is 3.32. The van der Waals surface area contributed by atoms with E-state index in [1.807, 2.05) is 0 Å². The molecule has 3 N–H and O–H groups in total. The average Bonchev–Trinajstić information content (AvgIpc) is 3.01. The van der Waals surface area contributed by atoms with Crippen molar-refractivity contribution in [2.45, 2.75) is 18.5 Å². The maximum atomic E-state index is 12.1. The van der Waals surface area contributed by atoms with Crippen molar-refractivity contribution in [2.75, 3.05) is 18.3 Å². The summed E-state index contributed by atoms with van der Waals surface area (Å²) in [4.78, 5) is 50.8. The number of carbonyl (C=O) groups excluding carboxylic acids is 4. The Morgan fingerprint density at radius 3 is 2.63 bits per heavy atom. The first-order valence-electron chi connectivity index (χ1n) is 7.06. The Morgan fingerprint density at radius 2 is 2.07 bits per heavy atom. The number of carbonyl (C=O) groups is 4. The lowest BCUT2D eigenvalue weighted by molar-refractivity contribution is -0.162. The molecule has 0 aliphatic carbocycles. The normalized spacial score (nSPS) is 19.2. The fourth-order valence-corrected chi connectivity index (χ4v) is 3.83. The van der Waals surface area contributed by atoms with Gasteiger partial charge in [0.15, 0.2) is 11.2 Å². The number of amides is 3. The van der Waals surface area contributed by atoms with Crippen LogP contribution >= 0.6 is 22.9 Å². The zero-order valence-electron chi connectivity index (χ0n) is 13.5. The fraction of sp³-hybridized carbons (Fsp3) is 0.417. The number of β-lactam (4-membered cyclic amide) rings is 1. The molecule has 0 radical (unpaired) electrons. The van der Waals surface area contributed by atoms with Gasteiger partial charge < -0.3 is 15.4 Å². The van der Waals surface area contributed by atoms with Gasteiger partial charge in [-0.2, -0.15) is 12.7 Å². The molecule has 1 aliphatic heterocycles. The summed E-state index contributed by atoms with van der Waals surface area (Å²) in [5.74, 6) is -3.80. The van der Waals surface area contributed by atoms with Gasteiger partial charge in [0.1, 0.15) is 11.9 Å². The Morgan fingerprint density at radius 1 is 1.41 bits per heavy atom. The molecule has 2 unspecified atom stereocenters. The minimum Gasteiger partial charge on any atom is -0.467 e. The topological polar surface area (TPSA) is 172 Å². The molecular weight excluding hydrogens is 428 g/mol. The van der Waals surface area contributed by atoms with E-state index >= 15 is 0 Å². The minimum atomic E-state index is -4.99. The summed E-state index contributed by atoms with van der Waals surface area (Å²) in [5.41, 5.74) is 0.260. The van der Waals surface area contributed by atoms with E-state index in [0.717, 1.165) is 18.4 Å². The van der Waals surface area contributed by atoms with Gasteiger partial charge >= 0.3 is 16.3 Å². The van der Waals surface area contributed by atoms with Crippen LogP contribution < -0.4 is 10.6 Å². The highest BCUT2D eigenvalue weighted by atomic mass is 35.5. The van der Waals surface area contributed by atoms with E-state index in [1.54, 1.807) is 0 Å². The Hall–Kier alpha value is -2.29. The van der Waals surface area contributed by atoms with E-state index in [0.29, 0.717) is 0 Å². The predicted molar refractivity (Wildman–Crippen MR) is 91.3 cm³/mol. The molecule has 0 aromatic carbocycles. The zero-order valence-corrected chi connectivity index (χ0v) is 15.9. The largest absolute Gasteiger partial charge is 0.467 e. The Balaban J connectivity index is 2.03. The second-order valence-electron chi connectivity index (χ2n) is 5.13. The fourth-order valence-electron chi connectivity index (χ4n) is 2.20. The van der Waals surface area contributed by atoms with Gasteiger partial charge in [-0.1, -0.05) is 0 Å². The van der Waals surface area contributed by atoms with Gasteiger partial charge in [0, 0.05) is 5.38 Å². The van der Waals surface area contributed by atoms with Crippen LogP contribution in [0.15, 0.2) is 5.38 Å². The SMILES string of the molecule is COC(=O)C1C(NC(=O)Cc2csc(NC(=O)CCl)n2)C(=O)N1S(=O)(=O)O. The van der Waals surface area contributed by atoms with Gasteiger partial charge in [-0.25, -0.2) is 9.78 Å². The van der Waals surface area contributed by atoms with Crippen molar-refractivity contribution in [1.82, 2.24) is 14.6 Å². The van der Waals surface area contributed by atoms with Crippen LogP contribution in [0.2, 0.25) is 0 Å². The quantitative estimate of drug-likeness (QED) is 0.198. The van der Waals surface area contributed by atoms with Gasteiger partial charge in [-0.05, 0) is 0 Å². The number of anilines is 1. The third kappa shape index (κ3) is 4.71. The highest BCUT2D eigenvalue weighted by Gasteiger charge is 2.58. The van der Waals surface area contributed by atoms with Gasteiger partial charge in [0.05, 0.1) is 19.2 Å². The molecular formula is C12H13ClN4O8S2. The molecule has 2 atom stereocenters. The summed E-state index contributed by atoms with van der Waals surface area (Å²) in [7, 11) is -4.03. The molecule has 2 heterocycles. The molecule has 15 heteroatoms. The summed E-state index contributed by atoms with van der Waals surface area (Å²) < 4.78 is 35.7. The summed E-state index contributed by atoms with van der Waals surface area (Å²) in [6.45, 7) is 0. The smallest absolute Gasteiger partial charge is 0.363 e. The van der Waals surface area contributed by atoms with Crippen LogP contribution in [-0.4, -0.2) is 71.0 Å². The number of hydrogen-bond acceptors (Lipinski definition) is 9. The van der Waals surface area contributed by atoms with Crippen molar-refractivity contribution in [3.63, 3.8) is 0 Å². The van der Waals surface area contributed by atoms with Crippen LogP contribution in [0, 0.1) is 0 Å². The van der Waals surface area contributed by atoms with E-state index in [9.17, 15) is 27.6 Å². The third-order valence-corrected chi connectivity index (χ3v) is 5.27. The molecule has 1 aromatic heterocycles. The van der Waals surface area contributed by atoms with Crippen molar-refractivity contribution in [3.05, 3.63) is 11.1 Å². The van der Waals surface area contributed by atoms with Crippen LogP contribution in [0.5, 0.6) is 0 Å². The molecule has 3 amide bonds. The first-order chi connectivity index (χ1) is 12.6. The molecule has 2 rings (SSSR count). The number of aromatic nitrogens is 1. The predicted octanol–water partition coefficient (Wildman–Crippen LogP) is -1.47. The lowest BCUT2D eigenvalue weighted by atomic mass is 9.98. The second-order valence-corrected chi connectivity index (χ2v) is 7.54. The van der Waals surface area contributed by atoms with Crippen molar-refractivity contribution >= 4 is 62.1 Å². The number of halogens is 1. The molecule has 1 saturated heterocycles. The molecule has 12 nitrogen and oxygen atoms in total. The molecule has 1 fully saturated rings. The van der Waals surface area contributed by atoms with Crippen molar-refractivity contribution in [1.29, 1.82) is 0 Å². The van der Waals surface area contributed by atoms with Crippen LogP contribution in [0.25, 0.3) is 0 Å². The minimum absolute atomic E-state index is 0.0770. The van der Waals surface area contributed by atoms with Crippen LogP contribution in [0.4, 0.5) is 5.13 Å². The van der Waals surface area contributed by atoms with Gasteiger partial charge in [-0.3, -0.25) is 18.9 Å². The van der Waals surface area contributed by atoms with Crippen molar-refractivity contribution in [3.8, 4) is 0 Å². The van der Waals surface area contributed by atoms with E-state index in [-0.39, 0.29) is 27.4 Å². The van der Waals surface area contributed by atoms with Gasteiger partial charge in [-0.15, -0.1) is 22.9 Å². The number of nitrogens with zero attached hydrogens (tertiary/aromatic N) is 2. The standard InChI is InChI=1S/C12H13ClN4O8S2/c1-25-11(21)9-8(10(20)17(9)27(22,23)24)15-6(18)2-5-4-26-12(14-5)16-7(19)3-13/h4,8-9H,2-3H2,1H3,(H,15,18)(H,14,16,19)(H,22,23,24). The average molecular weight is 441 g/mol. The molecule has 0 spiro atoms. The summed E-state index contributed by atoms with van der Waals surface area (Å²) >= 11 is 6.39. The van der Waals surface area contributed by atoms with E-state index < -0.39 is 46.1 Å². The first-order valence-corrected chi connectivity index (χ1v) is 9.87. The molecule has 0 bridgehead atoms. The highest BCUT2D eigenvalue weighted by Crippen LogP contribution is 2.25. The van der Waals surface area contributed by atoms with E-state index in [1.165, 1.54) is 5.38 Å². The van der Waals surface area contributed by atoms with E-state index in [4.69, 9.17) is 16.2 Å². The monoisotopic (exact) mass is 440 g/mol. The molecule has 1 aliphatic rings. The maximum Gasteiger partial charge on any atom is 0.363 e. The number of thiazole rings is 1. The number of esters is 1. The molecule has 27 heavy (non-hydrogen) atoms. The Labute approximate surface area is 161 Å². The summed E-state index contributed by atoms with van der Waals surface area (Å²) in [5, 5.41) is 6.29.